The van der Waals surface area contributed by atoms with Crippen molar-refractivity contribution < 1.29 is 22.7 Å². The van der Waals surface area contributed by atoms with E-state index in [1.54, 1.807) is 4.90 Å². The molecule has 5 nitrogen and oxygen atoms in total. The van der Waals surface area contributed by atoms with E-state index in [1.165, 1.54) is 18.8 Å². The van der Waals surface area contributed by atoms with Gasteiger partial charge in [-0.05, 0) is 30.9 Å². The second-order valence-electron chi connectivity index (χ2n) is 6.67. The van der Waals surface area contributed by atoms with Crippen LogP contribution in [0.3, 0.4) is 0 Å². The zero-order chi connectivity index (χ0) is 18.9. The maximum Gasteiger partial charge on any atom is 0.435 e. The van der Waals surface area contributed by atoms with E-state index in [0.717, 1.165) is 37.3 Å². The fourth-order valence-electron chi connectivity index (χ4n) is 3.63. The Morgan fingerprint density at radius 1 is 1.35 bits per heavy atom. The van der Waals surface area contributed by atoms with Crippen LogP contribution in [0.5, 0.6) is 0 Å². The molecule has 2 heterocycles. The topological polar surface area (TPSA) is 47.4 Å². The number of nitrogens with zero attached hydrogens (tertiary/aromatic N) is 3. The molecule has 0 fully saturated rings. The predicted octanol–water partition coefficient (Wildman–Crippen LogP) is 4.03. The Bertz CT molecular complexity index is 737. The van der Waals surface area contributed by atoms with E-state index in [4.69, 9.17) is 4.74 Å². The van der Waals surface area contributed by atoms with Gasteiger partial charge in [0.2, 0.25) is 0 Å². The summed E-state index contributed by atoms with van der Waals surface area (Å²) < 4.78 is 45.3. The highest BCUT2D eigenvalue weighted by Gasteiger charge is 2.37. The van der Waals surface area contributed by atoms with Crippen LogP contribution < -0.4 is 0 Å². The standard InChI is InChI=1S/C18H22F3N3O2/c1-23-15(10-16(22-23)18(19,20)21)14-8-6-4-3-5-7-13-9-12(14)11-24(13)17(25)26-2/h6,8-10,13-14H,3-5,7,11H2,1-2H3/b8-6-. The number of ether oxygens (including phenoxy) is 1. The van der Waals surface area contributed by atoms with Gasteiger partial charge in [0, 0.05) is 25.2 Å². The molecule has 0 N–H and O–H groups in total. The molecule has 3 rings (SSSR count). The number of alkyl halides is 3. The van der Waals surface area contributed by atoms with Crippen molar-refractivity contribution in [3.63, 3.8) is 0 Å². The number of aryl methyl sites for hydroxylation is 1. The number of methoxy groups -OCH3 is 1. The molecule has 0 spiro atoms. The zero-order valence-corrected chi connectivity index (χ0v) is 14.8. The maximum atomic E-state index is 13.0. The third kappa shape index (κ3) is 3.64. The second kappa shape index (κ2) is 7.17. The minimum atomic E-state index is -4.49. The fraction of sp³-hybridized carbons (Fsp3) is 0.556. The smallest absolute Gasteiger partial charge is 0.435 e. The first-order valence-corrected chi connectivity index (χ1v) is 8.64. The van der Waals surface area contributed by atoms with Crippen LogP contribution in [0.15, 0.2) is 29.9 Å². The molecule has 2 bridgehead atoms. The molecule has 8 heteroatoms. The molecule has 142 valence electrons. The molecule has 26 heavy (non-hydrogen) atoms. The third-order valence-electron chi connectivity index (χ3n) is 4.94. The lowest BCUT2D eigenvalue weighted by atomic mass is 9.93. The van der Waals surface area contributed by atoms with Crippen molar-refractivity contribution in [1.29, 1.82) is 0 Å². The van der Waals surface area contributed by atoms with Gasteiger partial charge in [0.1, 0.15) is 0 Å². The van der Waals surface area contributed by atoms with Gasteiger partial charge in [-0.25, -0.2) is 4.79 Å². The normalized spacial score (nSPS) is 25.0. The summed E-state index contributed by atoms with van der Waals surface area (Å²) in [5.74, 6) is -0.348. The molecular weight excluding hydrogens is 347 g/mol. The molecule has 1 aromatic rings. The van der Waals surface area contributed by atoms with E-state index in [-0.39, 0.29) is 12.0 Å². The minimum absolute atomic E-state index is 0.0817. The molecule has 0 aromatic carbocycles. The molecule has 2 atom stereocenters. The summed E-state index contributed by atoms with van der Waals surface area (Å²) in [4.78, 5) is 13.7. The van der Waals surface area contributed by atoms with E-state index in [0.29, 0.717) is 12.2 Å². The summed E-state index contributed by atoms with van der Waals surface area (Å²) in [5.41, 5.74) is 0.460. The summed E-state index contributed by atoms with van der Waals surface area (Å²) in [7, 11) is 2.85. The summed E-state index contributed by atoms with van der Waals surface area (Å²) in [6.07, 6.45) is 4.65. The fourth-order valence-corrected chi connectivity index (χ4v) is 3.63. The predicted molar refractivity (Wildman–Crippen MR) is 89.5 cm³/mol. The van der Waals surface area contributed by atoms with Gasteiger partial charge in [-0.3, -0.25) is 9.58 Å². The molecule has 1 amide bonds. The second-order valence-corrected chi connectivity index (χ2v) is 6.67. The van der Waals surface area contributed by atoms with Crippen molar-refractivity contribution in [1.82, 2.24) is 14.7 Å². The zero-order valence-electron chi connectivity index (χ0n) is 14.8. The molecule has 0 saturated heterocycles. The number of amides is 1. The molecule has 0 saturated carbocycles. The first kappa shape index (κ1) is 18.5. The Morgan fingerprint density at radius 3 is 2.77 bits per heavy atom. The number of carbonyl (C=O) groups excluding carboxylic acids is 1. The van der Waals surface area contributed by atoms with Gasteiger partial charge in [-0.15, -0.1) is 0 Å². The molecule has 1 aliphatic carbocycles. The van der Waals surface area contributed by atoms with Crippen LogP contribution in [0.25, 0.3) is 0 Å². The van der Waals surface area contributed by atoms with Gasteiger partial charge in [-0.2, -0.15) is 18.3 Å². The van der Waals surface area contributed by atoms with Crippen molar-refractivity contribution in [2.24, 2.45) is 7.05 Å². The van der Waals surface area contributed by atoms with E-state index >= 15 is 0 Å². The SMILES string of the molecule is COC(=O)N1CC2=CC1CCCC/C=C\C2c1cc(C(F)(F)F)nn1C. The van der Waals surface area contributed by atoms with Gasteiger partial charge in [0.15, 0.2) is 5.69 Å². The summed E-state index contributed by atoms with van der Waals surface area (Å²) in [6, 6.07) is 1.01. The highest BCUT2D eigenvalue weighted by Crippen LogP contribution is 2.37. The van der Waals surface area contributed by atoms with Crippen LogP contribution in [0.2, 0.25) is 0 Å². The number of allylic oxidation sites excluding steroid dienone is 2. The number of hydrogen-bond donors (Lipinski definition) is 0. The van der Waals surface area contributed by atoms with Crippen LogP contribution in [0, 0.1) is 0 Å². The number of carbonyl (C=O) groups is 1. The highest BCUT2D eigenvalue weighted by molar-refractivity contribution is 5.69. The van der Waals surface area contributed by atoms with Crippen LogP contribution in [-0.2, 0) is 18.0 Å². The third-order valence-corrected chi connectivity index (χ3v) is 4.94. The van der Waals surface area contributed by atoms with Crippen molar-refractivity contribution in [3.05, 3.63) is 41.3 Å². The molecule has 2 aliphatic rings. The Balaban J connectivity index is 1.98. The highest BCUT2D eigenvalue weighted by atomic mass is 19.4. The summed E-state index contributed by atoms with van der Waals surface area (Å²) in [5, 5.41) is 3.63. The lowest BCUT2D eigenvalue weighted by molar-refractivity contribution is -0.141. The largest absolute Gasteiger partial charge is 0.453 e. The number of aromatic nitrogens is 2. The number of rotatable bonds is 1. The van der Waals surface area contributed by atoms with Crippen LogP contribution in [0.1, 0.15) is 43.0 Å². The van der Waals surface area contributed by atoms with Gasteiger partial charge in [0.05, 0.1) is 13.2 Å². The quantitative estimate of drug-likeness (QED) is 0.702. The van der Waals surface area contributed by atoms with Gasteiger partial charge < -0.3 is 4.74 Å². The first-order valence-electron chi connectivity index (χ1n) is 8.64. The summed E-state index contributed by atoms with van der Waals surface area (Å²) >= 11 is 0. The van der Waals surface area contributed by atoms with E-state index in [2.05, 4.69) is 5.10 Å². The lowest BCUT2D eigenvalue weighted by Gasteiger charge is -2.23. The van der Waals surface area contributed by atoms with Crippen LogP contribution in [-0.4, -0.2) is 40.5 Å². The van der Waals surface area contributed by atoms with Gasteiger partial charge >= 0.3 is 12.3 Å². The molecule has 1 aliphatic heterocycles. The average Bonchev–Trinajstić information content (AvgIpc) is 3.17. The first-order chi connectivity index (χ1) is 12.3. The van der Waals surface area contributed by atoms with Gasteiger partial charge in [-0.1, -0.05) is 24.6 Å². The number of fused-ring (bicyclic) bond motifs is 1. The van der Waals surface area contributed by atoms with Gasteiger partial charge in [0.25, 0.3) is 0 Å². The van der Waals surface area contributed by atoms with E-state index in [9.17, 15) is 18.0 Å². The molecule has 0 radical (unpaired) electrons. The van der Waals surface area contributed by atoms with Crippen molar-refractivity contribution >= 4 is 6.09 Å². The number of hydrogen-bond acceptors (Lipinski definition) is 3. The van der Waals surface area contributed by atoms with Crippen molar-refractivity contribution in [2.45, 2.75) is 43.8 Å². The Morgan fingerprint density at radius 2 is 2.12 bits per heavy atom. The molecular formula is C18H22F3N3O2. The Kier molecular flexibility index (Phi) is 5.11. The lowest BCUT2D eigenvalue weighted by Crippen LogP contribution is -2.36. The molecule has 2 unspecified atom stereocenters. The number of halogens is 3. The van der Waals surface area contributed by atoms with E-state index in [1.807, 2.05) is 18.2 Å². The van der Waals surface area contributed by atoms with Crippen molar-refractivity contribution in [2.75, 3.05) is 13.7 Å². The minimum Gasteiger partial charge on any atom is -0.453 e. The van der Waals surface area contributed by atoms with E-state index < -0.39 is 18.0 Å². The average molecular weight is 369 g/mol. The van der Waals surface area contributed by atoms with Crippen molar-refractivity contribution in [3.8, 4) is 0 Å². The monoisotopic (exact) mass is 369 g/mol. The summed E-state index contributed by atoms with van der Waals surface area (Å²) in [6.45, 7) is 0.346. The Hall–Kier alpha value is -2.25. The van der Waals surface area contributed by atoms with Crippen LogP contribution in [0.4, 0.5) is 18.0 Å². The van der Waals surface area contributed by atoms with Crippen LogP contribution >= 0.6 is 0 Å². The Labute approximate surface area is 150 Å². The maximum absolute atomic E-state index is 13.0. The molecule has 1 aromatic heterocycles.